The lowest BCUT2D eigenvalue weighted by Crippen LogP contribution is -2.50. The highest BCUT2D eigenvalue weighted by Crippen LogP contribution is 2.35. The molecular weight excluding hydrogens is 250 g/mol. The molecule has 20 heavy (non-hydrogen) atoms. The van der Waals surface area contributed by atoms with Gasteiger partial charge in [-0.3, -0.25) is 4.79 Å². The zero-order valence-corrected chi connectivity index (χ0v) is 12.5. The van der Waals surface area contributed by atoms with Crippen molar-refractivity contribution >= 4 is 5.91 Å². The number of amides is 1. The predicted octanol–water partition coefficient (Wildman–Crippen LogP) is 3.04. The van der Waals surface area contributed by atoms with Gasteiger partial charge in [0.25, 0.3) is 0 Å². The van der Waals surface area contributed by atoms with Crippen molar-refractivity contribution in [2.45, 2.75) is 51.0 Å². The van der Waals surface area contributed by atoms with Gasteiger partial charge in [0.1, 0.15) is 0 Å². The molecule has 1 N–H and O–H groups in total. The minimum absolute atomic E-state index is 0.160. The van der Waals surface area contributed by atoms with Gasteiger partial charge in [-0.1, -0.05) is 43.7 Å². The van der Waals surface area contributed by atoms with Crippen molar-refractivity contribution in [1.82, 2.24) is 5.32 Å². The summed E-state index contributed by atoms with van der Waals surface area (Å²) in [5.41, 5.74) is 0.700. The number of carbonyl (C=O) groups excluding carboxylic acids is 1. The molecule has 1 aromatic carbocycles. The first-order chi connectivity index (χ1) is 9.69. The molecular formula is C17H25NO2. The predicted molar refractivity (Wildman–Crippen MR) is 80.7 cm³/mol. The number of rotatable bonds is 5. The summed E-state index contributed by atoms with van der Waals surface area (Å²) >= 11 is 0. The molecule has 0 spiro atoms. The van der Waals surface area contributed by atoms with Crippen LogP contribution < -0.4 is 5.32 Å². The third kappa shape index (κ3) is 3.21. The minimum atomic E-state index is -0.415. The van der Waals surface area contributed by atoms with E-state index >= 15 is 0 Å². The molecule has 1 fully saturated rings. The van der Waals surface area contributed by atoms with E-state index in [0.717, 1.165) is 31.2 Å². The number of hydrogen-bond donors (Lipinski definition) is 1. The summed E-state index contributed by atoms with van der Waals surface area (Å²) in [7, 11) is 0. The van der Waals surface area contributed by atoms with Gasteiger partial charge >= 0.3 is 0 Å². The highest BCUT2D eigenvalue weighted by atomic mass is 16.5. The summed E-state index contributed by atoms with van der Waals surface area (Å²) in [6, 6.07) is 10.4. The van der Waals surface area contributed by atoms with Gasteiger partial charge in [0.05, 0.1) is 5.41 Å². The molecule has 0 aliphatic carbocycles. The van der Waals surface area contributed by atoms with Crippen LogP contribution in [-0.2, 0) is 14.9 Å². The summed E-state index contributed by atoms with van der Waals surface area (Å²) in [5.74, 6) is 0.160. The van der Waals surface area contributed by atoms with Crippen molar-refractivity contribution in [3.63, 3.8) is 0 Å². The molecule has 1 aliphatic rings. The topological polar surface area (TPSA) is 38.3 Å². The monoisotopic (exact) mass is 275 g/mol. The molecule has 1 amide bonds. The zero-order chi connectivity index (χ0) is 14.4. The first-order valence-corrected chi connectivity index (χ1v) is 7.63. The summed E-state index contributed by atoms with van der Waals surface area (Å²) in [6.45, 7) is 5.54. The second-order valence-corrected chi connectivity index (χ2v) is 5.72. The standard InChI is InChI=1S/C17H25NO2/c1-3-7-14(2)18-16(19)17(10-12-20-13-11-17)15-8-5-4-6-9-15/h4-6,8-9,14H,3,7,10-13H2,1-2H3,(H,18,19)/t14-/m1/s1. The smallest absolute Gasteiger partial charge is 0.231 e. The number of ether oxygens (including phenoxy) is 1. The Labute approximate surface area is 121 Å². The molecule has 1 heterocycles. The molecule has 0 radical (unpaired) electrons. The van der Waals surface area contributed by atoms with E-state index in [1.54, 1.807) is 0 Å². The van der Waals surface area contributed by atoms with E-state index < -0.39 is 5.41 Å². The first-order valence-electron chi connectivity index (χ1n) is 7.63. The maximum atomic E-state index is 12.8. The number of nitrogens with one attached hydrogen (secondary N) is 1. The van der Waals surface area contributed by atoms with Gasteiger partial charge in [-0.15, -0.1) is 0 Å². The molecule has 110 valence electrons. The SMILES string of the molecule is CCC[C@@H](C)NC(=O)C1(c2ccccc2)CCOCC1. The number of benzene rings is 1. The maximum Gasteiger partial charge on any atom is 0.231 e. The third-order valence-corrected chi connectivity index (χ3v) is 4.21. The molecule has 0 aromatic heterocycles. The summed E-state index contributed by atoms with van der Waals surface area (Å²) in [4.78, 5) is 12.8. The molecule has 2 rings (SSSR count). The Bertz CT molecular complexity index is 424. The van der Waals surface area contributed by atoms with Gasteiger partial charge < -0.3 is 10.1 Å². The molecule has 3 nitrogen and oxygen atoms in total. The Morgan fingerprint density at radius 1 is 1.30 bits per heavy atom. The van der Waals surface area contributed by atoms with Crippen molar-refractivity contribution in [3.05, 3.63) is 35.9 Å². The fourth-order valence-electron chi connectivity index (χ4n) is 2.99. The van der Waals surface area contributed by atoms with Crippen LogP contribution in [0.25, 0.3) is 0 Å². The van der Waals surface area contributed by atoms with Gasteiger partial charge in [-0.2, -0.15) is 0 Å². The van der Waals surface area contributed by atoms with E-state index in [1.165, 1.54) is 0 Å². The average molecular weight is 275 g/mol. The van der Waals surface area contributed by atoms with Gasteiger partial charge in [0.2, 0.25) is 5.91 Å². The van der Waals surface area contributed by atoms with E-state index in [0.29, 0.717) is 13.2 Å². The normalized spacial score (nSPS) is 19.3. The maximum absolute atomic E-state index is 12.8. The molecule has 3 heteroatoms. The molecule has 1 aromatic rings. The van der Waals surface area contributed by atoms with Gasteiger partial charge in [-0.05, 0) is 31.7 Å². The van der Waals surface area contributed by atoms with Crippen LogP contribution in [0, 0.1) is 0 Å². The van der Waals surface area contributed by atoms with Crippen molar-refractivity contribution in [1.29, 1.82) is 0 Å². The van der Waals surface area contributed by atoms with E-state index in [2.05, 4.69) is 31.3 Å². The minimum Gasteiger partial charge on any atom is -0.381 e. The Balaban J connectivity index is 2.21. The fourth-order valence-corrected chi connectivity index (χ4v) is 2.99. The number of hydrogen-bond acceptors (Lipinski definition) is 2. The van der Waals surface area contributed by atoms with Crippen molar-refractivity contribution < 1.29 is 9.53 Å². The summed E-state index contributed by atoms with van der Waals surface area (Å²) < 4.78 is 5.47. The van der Waals surface area contributed by atoms with E-state index in [-0.39, 0.29) is 11.9 Å². The molecule has 1 aliphatic heterocycles. The lowest BCUT2D eigenvalue weighted by atomic mass is 9.73. The van der Waals surface area contributed by atoms with E-state index in [1.807, 2.05) is 18.2 Å². The van der Waals surface area contributed by atoms with Crippen LogP contribution in [0.3, 0.4) is 0 Å². The van der Waals surface area contributed by atoms with Crippen molar-refractivity contribution in [2.75, 3.05) is 13.2 Å². The molecule has 1 saturated heterocycles. The largest absolute Gasteiger partial charge is 0.381 e. The van der Waals surface area contributed by atoms with Crippen LogP contribution in [0.4, 0.5) is 0 Å². The van der Waals surface area contributed by atoms with Crippen LogP contribution in [0.5, 0.6) is 0 Å². The Morgan fingerprint density at radius 3 is 2.55 bits per heavy atom. The number of carbonyl (C=O) groups is 1. The lowest BCUT2D eigenvalue weighted by Gasteiger charge is -2.37. The van der Waals surface area contributed by atoms with Crippen molar-refractivity contribution in [2.24, 2.45) is 0 Å². The van der Waals surface area contributed by atoms with Crippen LogP contribution >= 0.6 is 0 Å². The van der Waals surface area contributed by atoms with Crippen LogP contribution in [0.15, 0.2) is 30.3 Å². The quantitative estimate of drug-likeness (QED) is 0.897. The van der Waals surface area contributed by atoms with Crippen LogP contribution in [-0.4, -0.2) is 25.2 Å². The molecule has 0 saturated carbocycles. The second kappa shape index (κ2) is 6.89. The van der Waals surface area contributed by atoms with E-state index in [4.69, 9.17) is 4.74 Å². The van der Waals surface area contributed by atoms with E-state index in [9.17, 15) is 4.79 Å². The molecule has 1 atom stereocenters. The highest BCUT2D eigenvalue weighted by molar-refractivity contribution is 5.88. The lowest BCUT2D eigenvalue weighted by molar-refractivity contribution is -0.131. The summed E-state index contributed by atoms with van der Waals surface area (Å²) in [6.07, 6.45) is 3.64. The Morgan fingerprint density at radius 2 is 1.95 bits per heavy atom. The zero-order valence-electron chi connectivity index (χ0n) is 12.5. The van der Waals surface area contributed by atoms with Gasteiger partial charge in [0, 0.05) is 19.3 Å². The van der Waals surface area contributed by atoms with Gasteiger partial charge in [-0.25, -0.2) is 0 Å². The van der Waals surface area contributed by atoms with Crippen LogP contribution in [0.1, 0.15) is 45.1 Å². The highest BCUT2D eigenvalue weighted by Gasteiger charge is 2.41. The first kappa shape index (κ1) is 15.0. The van der Waals surface area contributed by atoms with Crippen LogP contribution in [0.2, 0.25) is 0 Å². The van der Waals surface area contributed by atoms with Crippen molar-refractivity contribution in [3.8, 4) is 0 Å². The molecule has 0 bridgehead atoms. The second-order valence-electron chi connectivity index (χ2n) is 5.72. The summed E-state index contributed by atoms with van der Waals surface area (Å²) in [5, 5.41) is 3.20. The Kier molecular flexibility index (Phi) is 5.18. The average Bonchev–Trinajstić information content (AvgIpc) is 2.49. The Hall–Kier alpha value is -1.35. The third-order valence-electron chi connectivity index (χ3n) is 4.21. The van der Waals surface area contributed by atoms with Gasteiger partial charge in [0.15, 0.2) is 0 Å². The molecule has 0 unspecified atom stereocenters. The fraction of sp³-hybridized carbons (Fsp3) is 0.588.